The van der Waals surface area contributed by atoms with Crippen LogP contribution >= 0.6 is 11.6 Å². The van der Waals surface area contributed by atoms with Crippen LogP contribution in [-0.4, -0.2) is 69.4 Å². The summed E-state index contributed by atoms with van der Waals surface area (Å²) in [6, 6.07) is 7.02. The predicted octanol–water partition coefficient (Wildman–Crippen LogP) is 4.77. The number of ether oxygens (including phenoxy) is 1. The lowest BCUT2D eigenvalue weighted by Crippen LogP contribution is -2.66. The summed E-state index contributed by atoms with van der Waals surface area (Å²) in [7, 11) is 0. The molecule has 2 aliphatic rings. The van der Waals surface area contributed by atoms with Gasteiger partial charge in [-0.15, -0.1) is 0 Å². The van der Waals surface area contributed by atoms with Crippen LogP contribution in [0.4, 0.5) is 16.3 Å². The number of nitrogens with zero attached hydrogens (tertiary/aromatic N) is 4. The highest BCUT2D eigenvalue weighted by Gasteiger charge is 2.52. The van der Waals surface area contributed by atoms with Gasteiger partial charge in [-0.25, -0.2) is 19.7 Å². The molecule has 0 unspecified atom stereocenters. The standard InChI is InChI=1S/C29H37ClN6O4/c1-28(2,3)40-27(39)36(25-23-22(19-5-6-19)17-32-24(23)33-18-34-25)29(11-13-31-14-12-29)26(38)35(15-4-16-37)21-9-7-20(30)8-10-21/h7-10,17-19,31,37H,4-6,11-16H2,1-3H3,(H,32,33,34). The van der Waals surface area contributed by atoms with Crippen molar-refractivity contribution >= 4 is 46.1 Å². The molecule has 10 nitrogen and oxygen atoms in total. The van der Waals surface area contributed by atoms with Gasteiger partial charge in [0.2, 0.25) is 0 Å². The largest absolute Gasteiger partial charge is 0.443 e. The minimum absolute atomic E-state index is 0.0810. The number of aromatic nitrogens is 3. The Hall–Kier alpha value is -3.21. The molecule has 0 bridgehead atoms. The number of aromatic amines is 1. The molecule has 3 heterocycles. The number of nitrogens with one attached hydrogen (secondary N) is 2. The molecule has 5 rings (SSSR count). The van der Waals surface area contributed by atoms with Gasteiger partial charge in [-0.3, -0.25) is 4.79 Å². The van der Waals surface area contributed by atoms with E-state index in [-0.39, 0.29) is 19.1 Å². The summed E-state index contributed by atoms with van der Waals surface area (Å²) in [4.78, 5) is 44.6. The SMILES string of the molecule is CC(C)(C)OC(=O)N(c1ncnc2[nH]cc(C3CC3)c12)C1(C(=O)N(CCCO)c2ccc(Cl)cc2)CCNCC1. The maximum absolute atomic E-state index is 14.9. The van der Waals surface area contributed by atoms with Gasteiger partial charge in [-0.1, -0.05) is 11.6 Å². The molecule has 214 valence electrons. The fourth-order valence-corrected chi connectivity index (χ4v) is 5.58. The lowest BCUT2D eigenvalue weighted by atomic mass is 9.84. The van der Waals surface area contributed by atoms with Crippen molar-refractivity contribution in [3.8, 4) is 0 Å². The fraction of sp³-hybridized carbons (Fsp3) is 0.517. The first kappa shape index (κ1) is 28.3. The van der Waals surface area contributed by atoms with Crippen LogP contribution in [0.2, 0.25) is 5.02 Å². The predicted molar refractivity (Wildman–Crippen MR) is 155 cm³/mol. The second-order valence-corrected chi connectivity index (χ2v) is 12.0. The first-order valence-corrected chi connectivity index (χ1v) is 14.3. The van der Waals surface area contributed by atoms with E-state index in [2.05, 4.69) is 20.3 Å². The lowest BCUT2D eigenvalue weighted by molar-refractivity contribution is -0.125. The van der Waals surface area contributed by atoms with Crippen molar-refractivity contribution < 1.29 is 19.4 Å². The summed E-state index contributed by atoms with van der Waals surface area (Å²) in [6.45, 7) is 6.66. The van der Waals surface area contributed by atoms with Crippen molar-refractivity contribution in [3.05, 3.63) is 47.4 Å². The van der Waals surface area contributed by atoms with Gasteiger partial charge in [0, 0.05) is 30.1 Å². The summed E-state index contributed by atoms with van der Waals surface area (Å²) < 4.78 is 5.97. The highest BCUT2D eigenvalue weighted by atomic mass is 35.5. The van der Waals surface area contributed by atoms with Crippen molar-refractivity contribution in [2.75, 3.05) is 36.0 Å². The summed E-state index contributed by atoms with van der Waals surface area (Å²) in [5, 5.41) is 14.3. The highest BCUT2D eigenvalue weighted by Crippen LogP contribution is 2.46. The molecule has 0 radical (unpaired) electrons. The summed E-state index contributed by atoms with van der Waals surface area (Å²) in [5.74, 6) is 0.468. The molecule has 40 heavy (non-hydrogen) atoms. The Bertz CT molecular complexity index is 1360. The van der Waals surface area contributed by atoms with Crippen molar-refractivity contribution in [1.82, 2.24) is 20.3 Å². The van der Waals surface area contributed by atoms with Gasteiger partial charge in [0.1, 0.15) is 23.1 Å². The maximum atomic E-state index is 14.9. The molecule has 2 aromatic heterocycles. The molecule has 3 aromatic rings. The van der Waals surface area contributed by atoms with Gasteiger partial charge >= 0.3 is 6.09 Å². The molecule has 1 saturated carbocycles. The zero-order valence-electron chi connectivity index (χ0n) is 23.2. The monoisotopic (exact) mass is 568 g/mol. The van der Waals surface area contributed by atoms with Gasteiger partial charge in [-0.2, -0.15) is 0 Å². The van der Waals surface area contributed by atoms with E-state index in [1.807, 2.05) is 27.0 Å². The Morgan fingerprint density at radius 3 is 2.48 bits per heavy atom. The van der Waals surface area contributed by atoms with Crippen molar-refractivity contribution in [1.29, 1.82) is 0 Å². The molecular formula is C29H37ClN6O4. The molecule has 0 atom stereocenters. The number of amides is 2. The topological polar surface area (TPSA) is 124 Å². The van der Waals surface area contributed by atoms with E-state index in [1.54, 1.807) is 29.2 Å². The van der Waals surface area contributed by atoms with E-state index in [0.29, 0.717) is 60.4 Å². The smallest absolute Gasteiger partial charge is 0.417 e. The van der Waals surface area contributed by atoms with Gasteiger partial charge in [-0.05, 0) is 102 Å². The minimum atomic E-state index is -1.30. The van der Waals surface area contributed by atoms with Crippen molar-refractivity contribution in [2.45, 2.75) is 69.9 Å². The molecule has 1 aromatic carbocycles. The second-order valence-electron chi connectivity index (χ2n) is 11.5. The number of aliphatic hydroxyl groups excluding tert-OH is 1. The van der Waals surface area contributed by atoms with Crippen LogP contribution in [0.3, 0.4) is 0 Å². The van der Waals surface area contributed by atoms with E-state index in [4.69, 9.17) is 16.3 Å². The maximum Gasteiger partial charge on any atom is 0.417 e. The number of H-pyrrole nitrogens is 1. The number of benzene rings is 1. The molecule has 1 saturated heterocycles. The van der Waals surface area contributed by atoms with Gasteiger partial charge in [0.25, 0.3) is 5.91 Å². The van der Waals surface area contributed by atoms with Crippen LogP contribution in [0, 0.1) is 0 Å². The molecule has 2 fully saturated rings. The summed E-state index contributed by atoms with van der Waals surface area (Å²) in [5.41, 5.74) is 0.195. The number of hydrogen-bond donors (Lipinski definition) is 3. The van der Waals surface area contributed by atoms with Crippen LogP contribution in [0.1, 0.15) is 64.4 Å². The molecule has 2 amide bonds. The number of carbonyl (C=O) groups excluding carboxylic acids is 2. The van der Waals surface area contributed by atoms with E-state index >= 15 is 0 Å². The number of anilines is 2. The molecule has 11 heteroatoms. The van der Waals surface area contributed by atoms with Crippen molar-refractivity contribution in [2.24, 2.45) is 0 Å². The highest BCUT2D eigenvalue weighted by molar-refractivity contribution is 6.30. The molecule has 0 spiro atoms. The third kappa shape index (κ3) is 5.66. The molecule has 1 aliphatic carbocycles. The Balaban J connectivity index is 1.70. The van der Waals surface area contributed by atoms with Gasteiger partial charge in [0.05, 0.1) is 5.39 Å². The Morgan fingerprint density at radius 1 is 1.15 bits per heavy atom. The first-order valence-electron chi connectivity index (χ1n) is 13.9. The number of halogens is 1. The van der Waals surface area contributed by atoms with Crippen LogP contribution in [0.25, 0.3) is 11.0 Å². The zero-order chi connectivity index (χ0) is 28.5. The van der Waals surface area contributed by atoms with E-state index in [9.17, 15) is 14.7 Å². The van der Waals surface area contributed by atoms with Gasteiger partial charge < -0.3 is 25.0 Å². The van der Waals surface area contributed by atoms with Crippen molar-refractivity contribution in [3.63, 3.8) is 0 Å². The molecule has 3 N–H and O–H groups in total. The lowest BCUT2D eigenvalue weighted by Gasteiger charge is -2.46. The minimum Gasteiger partial charge on any atom is -0.443 e. The third-order valence-corrected chi connectivity index (χ3v) is 7.72. The van der Waals surface area contributed by atoms with E-state index in [0.717, 1.165) is 23.8 Å². The summed E-state index contributed by atoms with van der Waals surface area (Å²) >= 11 is 6.16. The number of fused-ring (bicyclic) bond motifs is 1. The van der Waals surface area contributed by atoms with Crippen LogP contribution in [0.15, 0.2) is 36.8 Å². The zero-order valence-corrected chi connectivity index (χ0v) is 24.0. The fourth-order valence-electron chi connectivity index (χ4n) is 5.45. The Kier molecular flexibility index (Phi) is 8.03. The van der Waals surface area contributed by atoms with E-state index in [1.165, 1.54) is 11.2 Å². The first-order chi connectivity index (χ1) is 19.1. The number of rotatable bonds is 8. The number of piperidine rings is 1. The molecule has 1 aliphatic heterocycles. The van der Waals surface area contributed by atoms with Crippen LogP contribution < -0.4 is 15.1 Å². The van der Waals surface area contributed by atoms with Gasteiger partial charge in [0.15, 0.2) is 5.82 Å². The number of aliphatic hydroxyl groups is 1. The quantitative estimate of drug-likeness (QED) is 0.357. The Labute approximate surface area is 239 Å². The van der Waals surface area contributed by atoms with Crippen LogP contribution in [-0.2, 0) is 9.53 Å². The Morgan fingerprint density at radius 2 is 1.85 bits per heavy atom. The normalized spacial score (nSPS) is 17.0. The average Bonchev–Trinajstić information content (AvgIpc) is 3.67. The summed E-state index contributed by atoms with van der Waals surface area (Å²) in [6.07, 6.45) is 5.89. The molecular weight excluding hydrogens is 532 g/mol. The third-order valence-electron chi connectivity index (χ3n) is 7.47. The second kappa shape index (κ2) is 11.3. The average molecular weight is 569 g/mol. The van der Waals surface area contributed by atoms with E-state index < -0.39 is 17.2 Å². The van der Waals surface area contributed by atoms with Crippen LogP contribution in [0.5, 0.6) is 0 Å². The number of carbonyl (C=O) groups is 2. The number of hydrogen-bond acceptors (Lipinski definition) is 7.